The predicted octanol–water partition coefficient (Wildman–Crippen LogP) is 2.80. The third-order valence-corrected chi connectivity index (χ3v) is 4.50. The standard InChI is InChI=1S/C20H28N8O4/c1-5-32-20(29)26-17-10-16(21)18(28(30)31)19(25-17)24-11-14(23-3)12-27(4)15-8-6-13(22-2)7-9-15/h6-10,22H,5,11-12H2,1-4H3,(H4,21,24,25,26,29). The second-order valence-electron chi connectivity index (χ2n) is 6.69. The highest BCUT2D eigenvalue weighted by Crippen LogP contribution is 2.31. The average Bonchev–Trinajstić information content (AvgIpc) is 2.76. The van der Waals surface area contributed by atoms with Gasteiger partial charge >= 0.3 is 11.8 Å². The molecule has 5 N–H and O–H groups in total. The molecule has 0 aliphatic heterocycles. The van der Waals surface area contributed by atoms with Crippen LogP contribution in [0.2, 0.25) is 0 Å². The van der Waals surface area contributed by atoms with Crippen molar-refractivity contribution in [3.05, 3.63) is 40.4 Å². The minimum Gasteiger partial charge on any atom is -0.450 e. The summed E-state index contributed by atoms with van der Waals surface area (Å²) in [5.74, 6) is -0.0465. The second kappa shape index (κ2) is 11.3. The summed E-state index contributed by atoms with van der Waals surface area (Å²) in [6.45, 7) is 2.49. The van der Waals surface area contributed by atoms with E-state index < -0.39 is 11.0 Å². The van der Waals surface area contributed by atoms with Gasteiger partial charge in [0.25, 0.3) is 0 Å². The van der Waals surface area contributed by atoms with Gasteiger partial charge in [-0.25, -0.2) is 9.78 Å². The number of pyridine rings is 1. The molecule has 12 nitrogen and oxygen atoms in total. The van der Waals surface area contributed by atoms with Crippen molar-refractivity contribution in [2.24, 2.45) is 4.99 Å². The molecule has 1 aromatic carbocycles. The Morgan fingerprint density at radius 3 is 2.59 bits per heavy atom. The number of aromatic nitrogens is 1. The number of rotatable bonds is 10. The number of benzene rings is 1. The van der Waals surface area contributed by atoms with Crippen LogP contribution in [0.1, 0.15) is 6.92 Å². The number of carbonyl (C=O) groups excluding carboxylic acids is 1. The Balaban J connectivity index is 2.15. The number of nitrogens with two attached hydrogens (primary N) is 1. The zero-order chi connectivity index (χ0) is 23.7. The lowest BCUT2D eigenvalue weighted by Gasteiger charge is -2.21. The monoisotopic (exact) mass is 444 g/mol. The molecule has 0 saturated heterocycles. The van der Waals surface area contributed by atoms with Crippen LogP contribution in [0.5, 0.6) is 0 Å². The first-order chi connectivity index (χ1) is 15.3. The fourth-order valence-corrected chi connectivity index (χ4v) is 2.85. The van der Waals surface area contributed by atoms with E-state index >= 15 is 0 Å². The number of ether oxygens (including phenoxy) is 1. The van der Waals surface area contributed by atoms with Gasteiger partial charge in [-0.3, -0.25) is 20.4 Å². The van der Waals surface area contributed by atoms with Crippen molar-refractivity contribution in [2.75, 3.05) is 67.4 Å². The number of aliphatic imine (C=N–C) groups is 1. The molecule has 1 aromatic heterocycles. The number of nitrogens with one attached hydrogen (secondary N) is 3. The molecule has 0 fully saturated rings. The number of nitro groups is 1. The van der Waals surface area contributed by atoms with Crippen molar-refractivity contribution < 1.29 is 14.5 Å². The van der Waals surface area contributed by atoms with Crippen molar-refractivity contribution in [3.8, 4) is 0 Å². The second-order valence-corrected chi connectivity index (χ2v) is 6.69. The van der Waals surface area contributed by atoms with Crippen molar-refractivity contribution in [1.82, 2.24) is 4.98 Å². The maximum atomic E-state index is 11.7. The van der Waals surface area contributed by atoms with Gasteiger partial charge in [-0.1, -0.05) is 0 Å². The molecule has 172 valence electrons. The Morgan fingerprint density at radius 1 is 1.34 bits per heavy atom. The first kappa shape index (κ1) is 24.2. The number of nitrogens with zero attached hydrogens (tertiary/aromatic N) is 4. The SMILES string of the molecule is CCOC(=O)Nc1cc(N)c([N+](=O)[O-])c(NCC(CN(C)c2ccc(NC)cc2)=NC)n1. The molecule has 0 aliphatic rings. The van der Waals surface area contributed by atoms with Crippen LogP contribution in [0.3, 0.4) is 0 Å². The predicted molar refractivity (Wildman–Crippen MR) is 127 cm³/mol. The van der Waals surface area contributed by atoms with E-state index in [1.807, 2.05) is 43.3 Å². The van der Waals surface area contributed by atoms with Crippen LogP contribution in [0.25, 0.3) is 0 Å². The quantitative estimate of drug-likeness (QED) is 0.245. The molecule has 12 heteroatoms. The summed E-state index contributed by atoms with van der Waals surface area (Å²) in [5, 5.41) is 19.9. The van der Waals surface area contributed by atoms with Crippen LogP contribution in [0.15, 0.2) is 35.3 Å². The van der Waals surface area contributed by atoms with E-state index in [4.69, 9.17) is 10.5 Å². The van der Waals surface area contributed by atoms with Crippen molar-refractivity contribution >= 4 is 46.2 Å². The molecule has 0 atom stereocenters. The van der Waals surface area contributed by atoms with Crippen LogP contribution < -0.4 is 26.6 Å². The highest BCUT2D eigenvalue weighted by atomic mass is 16.6. The Labute approximate surface area is 186 Å². The van der Waals surface area contributed by atoms with Gasteiger partial charge < -0.3 is 26.0 Å². The lowest BCUT2D eigenvalue weighted by molar-refractivity contribution is -0.383. The molecule has 32 heavy (non-hydrogen) atoms. The van der Waals surface area contributed by atoms with Gasteiger partial charge in [-0.2, -0.15) is 0 Å². The Morgan fingerprint density at radius 2 is 2.03 bits per heavy atom. The average molecular weight is 444 g/mol. The highest BCUT2D eigenvalue weighted by molar-refractivity contribution is 5.93. The molecule has 0 radical (unpaired) electrons. The fraction of sp³-hybridized carbons (Fsp3) is 0.350. The number of amides is 1. The fourth-order valence-electron chi connectivity index (χ4n) is 2.85. The molecular weight excluding hydrogens is 416 g/mol. The lowest BCUT2D eigenvalue weighted by atomic mass is 10.2. The van der Waals surface area contributed by atoms with E-state index in [9.17, 15) is 14.9 Å². The van der Waals surface area contributed by atoms with Crippen LogP contribution >= 0.6 is 0 Å². The number of nitrogen functional groups attached to an aromatic ring is 1. The minimum atomic E-state index is -0.735. The summed E-state index contributed by atoms with van der Waals surface area (Å²) in [6.07, 6.45) is -0.735. The normalized spacial score (nSPS) is 10.9. The lowest BCUT2D eigenvalue weighted by Crippen LogP contribution is -2.30. The van der Waals surface area contributed by atoms with E-state index in [0.29, 0.717) is 6.54 Å². The summed E-state index contributed by atoms with van der Waals surface area (Å²) in [7, 11) is 5.41. The third kappa shape index (κ3) is 6.45. The van der Waals surface area contributed by atoms with Gasteiger partial charge in [0.05, 0.1) is 30.3 Å². The highest BCUT2D eigenvalue weighted by Gasteiger charge is 2.22. The van der Waals surface area contributed by atoms with Crippen LogP contribution in [0.4, 0.5) is 39.2 Å². The number of anilines is 5. The van der Waals surface area contributed by atoms with Gasteiger partial charge in [-0.15, -0.1) is 0 Å². The summed E-state index contributed by atoms with van der Waals surface area (Å²) in [6, 6.07) is 9.09. The Hall–Kier alpha value is -4.09. The van der Waals surface area contributed by atoms with E-state index in [-0.39, 0.29) is 36.2 Å². The first-order valence-corrected chi connectivity index (χ1v) is 9.85. The molecule has 2 aromatic rings. The molecule has 1 amide bonds. The zero-order valence-corrected chi connectivity index (χ0v) is 18.5. The maximum Gasteiger partial charge on any atom is 0.412 e. The van der Waals surface area contributed by atoms with Crippen molar-refractivity contribution in [2.45, 2.75) is 6.92 Å². The van der Waals surface area contributed by atoms with Crippen LogP contribution in [-0.4, -0.2) is 62.6 Å². The van der Waals surface area contributed by atoms with Gasteiger partial charge in [0.1, 0.15) is 11.5 Å². The third-order valence-electron chi connectivity index (χ3n) is 4.50. The molecule has 0 spiro atoms. The molecule has 0 aliphatic carbocycles. The number of carbonyl (C=O) groups is 1. The molecule has 2 rings (SSSR count). The maximum absolute atomic E-state index is 11.7. The topological polar surface area (TPSA) is 160 Å². The summed E-state index contributed by atoms with van der Waals surface area (Å²) >= 11 is 0. The molecule has 0 saturated carbocycles. The summed E-state index contributed by atoms with van der Waals surface area (Å²) in [4.78, 5) is 32.9. The van der Waals surface area contributed by atoms with E-state index in [1.165, 1.54) is 6.07 Å². The van der Waals surface area contributed by atoms with Crippen LogP contribution in [0, 0.1) is 10.1 Å². The van der Waals surface area contributed by atoms with E-state index in [1.54, 1.807) is 14.0 Å². The van der Waals surface area contributed by atoms with Crippen LogP contribution in [-0.2, 0) is 4.74 Å². The molecule has 1 heterocycles. The molecule has 0 unspecified atom stereocenters. The summed E-state index contributed by atoms with van der Waals surface area (Å²) < 4.78 is 4.81. The minimum absolute atomic E-state index is 0.0331. The largest absolute Gasteiger partial charge is 0.450 e. The zero-order valence-electron chi connectivity index (χ0n) is 18.5. The number of hydrogen-bond acceptors (Lipinski definition) is 10. The van der Waals surface area contributed by atoms with Gasteiger partial charge in [-0.05, 0) is 31.2 Å². The smallest absolute Gasteiger partial charge is 0.412 e. The van der Waals surface area contributed by atoms with Crippen molar-refractivity contribution in [3.63, 3.8) is 0 Å². The van der Waals surface area contributed by atoms with Crippen molar-refractivity contribution in [1.29, 1.82) is 0 Å². The van der Waals surface area contributed by atoms with E-state index in [2.05, 4.69) is 25.9 Å². The van der Waals surface area contributed by atoms with Gasteiger partial charge in [0.2, 0.25) is 5.82 Å². The van der Waals surface area contributed by atoms with E-state index in [0.717, 1.165) is 17.1 Å². The first-order valence-electron chi connectivity index (χ1n) is 9.85. The Bertz CT molecular complexity index is 978. The number of hydrogen-bond donors (Lipinski definition) is 4. The summed E-state index contributed by atoms with van der Waals surface area (Å²) in [5.41, 5.74) is 8.02. The molecule has 0 bridgehead atoms. The van der Waals surface area contributed by atoms with Gasteiger partial charge in [0, 0.05) is 38.6 Å². The van der Waals surface area contributed by atoms with Gasteiger partial charge in [0.15, 0.2) is 0 Å². The molecular formula is C20H28N8O4. The Kier molecular flexibility index (Phi) is 8.57.